The number of amides is 3. The highest BCUT2D eigenvalue weighted by atomic mass is 19.1. The van der Waals surface area contributed by atoms with Crippen molar-refractivity contribution < 1.29 is 24.1 Å². The van der Waals surface area contributed by atoms with E-state index < -0.39 is 23.2 Å². The molecule has 1 spiro atoms. The normalized spacial score (nSPS) is 33.2. The summed E-state index contributed by atoms with van der Waals surface area (Å²) in [5.74, 6) is -2.65. The Balaban J connectivity index is 1.83. The fourth-order valence-electron chi connectivity index (χ4n) is 4.71. The Morgan fingerprint density at radius 3 is 2.76 bits per heavy atom. The number of rotatable bonds is 3. The van der Waals surface area contributed by atoms with Gasteiger partial charge in [-0.1, -0.05) is 13.3 Å². The molecule has 6 nitrogen and oxygen atoms in total. The summed E-state index contributed by atoms with van der Waals surface area (Å²) in [6.07, 6.45) is 1.60. The molecule has 0 aliphatic carbocycles. The molecular formula is C18H21FN3O3+. The summed E-state index contributed by atoms with van der Waals surface area (Å²) in [5, 5.41) is 4.54. The summed E-state index contributed by atoms with van der Waals surface area (Å²) in [6.45, 7) is 4.22. The molecule has 1 aromatic rings. The van der Waals surface area contributed by atoms with Crippen LogP contribution in [-0.4, -0.2) is 35.2 Å². The van der Waals surface area contributed by atoms with E-state index in [1.54, 1.807) is 5.32 Å². The number of nitrogens with zero attached hydrogens (tertiary/aromatic N) is 1. The first-order valence-corrected chi connectivity index (χ1v) is 8.74. The maximum Gasteiger partial charge on any atom is 0.291 e. The van der Waals surface area contributed by atoms with Crippen LogP contribution in [0.25, 0.3) is 0 Å². The van der Waals surface area contributed by atoms with E-state index in [0.717, 1.165) is 12.8 Å². The molecule has 7 heteroatoms. The number of fused-ring (bicyclic) bond motifs is 4. The van der Waals surface area contributed by atoms with E-state index in [1.165, 1.54) is 23.1 Å². The summed E-state index contributed by atoms with van der Waals surface area (Å²) in [7, 11) is 0. The van der Waals surface area contributed by atoms with E-state index in [4.69, 9.17) is 0 Å². The molecule has 0 saturated carbocycles. The van der Waals surface area contributed by atoms with Crippen molar-refractivity contribution in [2.24, 2.45) is 11.8 Å². The Morgan fingerprint density at radius 2 is 2.04 bits per heavy atom. The second-order valence-electron chi connectivity index (χ2n) is 7.22. The highest BCUT2D eigenvalue weighted by Gasteiger charge is 2.73. The van der Waals surface area contributed by atoms with E-state index in [9.17, 15) is 18.8 Å². The average molecular weight is 346 g/mol. The Bertz CT molecular complexity index is 796. The third-order valence-electron chi connectivity index (χ3n) is 5.81. The molecule has 0 unspecified atom stereocenters. The van der Waals surface area contributed by atoms with E-state index in [-0.39, 0.29) is 23.8 Å². The molecule has 3 aliphatic heterocycles. The highest BCUT2D eigenvalue weighted by Crippen LogP contribution is 2.48. The molecule has 2 fully saturated rings. The van der Waals surface area contributed by atoms with Crippen molar-refractivity contribution >= 4 is 23.4 Å². The molecule has 4 atom stereocenters. The van der Waals surface area contributed by atoms with Gasteiger partial charge >= 0.3 is 0 Å². The van der Waals surface area contributed by atoms with E-state index in [2.05, 4.69) is 5.32 Å². The van der Waals surface area contributed by atoms with Crippen LogP contribution in [0.3, 0.4) is 0 Å². The second-order valence-corrected chi connectivity index (χ2v) is 7.22. The van der Waals surface area contributed by atoms with Crippen molar-refractivity contribution in [3.05, 3.63) is 29.6 Å². The van der Waals surface area contributed by atoms with Gasteiger partial charge < -0.3 is 10.6 Å². The fourth-order valence-corrected chi connectivity index (χ4v) is 4.71. The number of benzene rings is 1. The molecule has 0 bridgehead atoms. The minimum absolute atomic E-state index is 0.207. The van der Waals surface area contributed by atoms with Crippen molar-refractivity contribution in [1.82, 2.24) is 4.90 Å². The highest BCUT2D eigenvalue weighted by molar-refractivity contribution is 6.13. The zero-order valence-electron chi connectivity index (χ0n) is 14.2. The van der Waals surface area contributed by atoms with E-state index in [1.807, 2.05) is 13.8 Å². The van der Waals surface area contributed by atoms with Crippen LogP contribution in [0, 0.1) is 17.7 Å². The number of imide groups is 1. The number of carbonyl (C=O) groups is 3. The second kappa shape index (κ2) is 5.36. The molecule has 1 aromatic carbocycles. The Labute approximate surface area is 144 Å². The first-order chi connectivity index (χ1) is 11.9. The quantitative estimate of drug-likeness (QED) is 0.774. The van der Waals surface area contributed by atoms with Crippen molar-refractivity contribution in [3.63, 3.8) is 0 Å². The smallest absolute Gasteiger partial charge is 0.291 e. The summed E-state index contributed by atoms with van der Waals surface area (Å²) in [4.78, 5) is 40.1. The minimum Gasteiger partial charge on any atom is -0.326 e. The predicted molar refractivity (Wildman–Crippen MR) is 86.7 cm³/mol. The van der Waals surface area contributed by atoms with Crippen molar-refractivity contribution in [3.8, 4) is 0 Å². The first kappa shape index (κ1) is 16.2. The summed E-state index contributed by atoms with van der Waals surface area (Å²) >= 11 is 0. The monoisotopic (exact) mass is 346 g/mol. The molecular weight excluding hydrogens is 325 g/mol. The van der Waals surface area contributed by atoms with Gasteiger partial charge in [0.05, 0.1) is 11.7 Å². The van der Waals surface area contributed by atoms with Gasteiger partial charge in [0.2, 0.25) is 17.4 Å². The van der Waals surface area contributed by atoms with Crippen LogP contribution in [0.1, 0.15) is 32.3 Å². The van der Waals surface area contributed by atoms with Crippen LogP contribution in [0.2, 0.25) is 0 Å². The van der Waals surface area contributed by atoms with Gasteiger partial charge in [-0.2, -0.15) is 0 Å². The largest absolute Gasteiger partial charge is 0.326 e. The topological polar surface area (TPSA) is 83.1 Å². The predicted octanol–water partition coefficient (Wildman–Crippen LogP) is 0.340. The van der Waals surface area contributed by atoms with Crippen molar-refractivity contribution in [2.75, 3.05) is 11.9 Å². The lowest BCUT2D eigenvalue weighted by Crippen LogP contribution is -2.98. The van der Waals surface area contributed by atoms with Gasteiger partial charge in [-0.3, -0.25) is 19.3 Å². The number of hydrogen-bond acceptors (Lipinski definition) is 3. The van der Waals surface area contributed by atoms with Gasteiger partial charge in [0.25, 0.3) is 5.91 Å². The minimum atomic E-state index is -1.25. The number of halogens is 1. The summed E-state index contributed by atoms with van der Waals surface area (Å²) < 4.78 is 13.9. The lowest BCUT2D eigenvalue weighted by molar-refractivity contribution is -0.730. The number of nitrogens with one attached hydrogen (secondary N) is 1. The third kappa shape index (κ3) is 1.96. The van der Waals surface area contributed by atoms with Gasteiger partial charge in [0.15, 0.2) is 0 Å². The Morgan fingerprint density at radius 1 is 1.28 bits per heavy atom. The van der Waals surface area contributed by atoms with Crippen LogP contribution in [0.15, 0.2) is 18.2 Å². The number of likely N-dealkylation sites (tertiary alicyclic amines) is 1. The molecule has 0 aromatic heterocycles. The number of unbranched alkanes of at least 4 members (excludes halogenated alkanes) is 1. The van der Waals surface area contributed by atoms with Gasteiger partial charge in [0, 0.05) is 12.1 Å². The molecule has 3 heterocycles. The van der Waals surface area contributed by atoms with Crippen molar-refractivity contribution in [1.29, 1.82) is 0 Å². The maximum atomic E-state index is 13.9. The van der Waals surface area contributed by atoms with Gasteiger partial charge in [0.1, 0.15) is 17.7 Å². The first-order valence-electron chi connectivity index (χ1n) is 8.74. The van der Waals surface area contributed by atoms with Crippen LogP contribution >= 0.6 is 0 Å². The zero-order chi connectivity index (χ0) is 17.9. The van der Waals surface area contributed by atoms with Crippen LogP contribution in [-0.2, 0) is 19.9 Å². The standard InChI is InChI=1S/C18H20FN3O3/c1-3-4-7-22-15(23)13-9(2)21-18(14(13)16(22)24)11-8-10(19)5-6-12(11)20-17(18)25/h5-6,8-9,13-14,21H,3-4,7H2,1-2H3,(H,20,25)/p+1/t9-,13+,14-,18+/m0/s1. The SMILES string of the molecule is CCCCN1C(=O)[C@@H]2[C@H](C)[NH2+][C@@]3(C(=O)Nc4ccc(F)cc43)[C@@H]2C1=O. The van der Waals surface area contributed by atoms with Crippen LogP contribution in [0.5, 0.6) is 0 Å². The van der Waals surface area contributed by atoms with Crippen LogP contribution in [0.4, 0.5) is 10.1 Å². The van der Waals surface area contributed by atoms with Crippen LogP contribution < -0.4 is 10.6 Å². The number of nitrogens with two attached hydrogens (primary N) is 1. The van der Waals surface area contributed by atoms with E-state index >= 15 is 0 Å². The van der Waals surface area contributed by atoms with Gasteiger partial charge in [-0.15, -0.1) is 0 Å². The molecule has 3 amide bonds. The number of anilines is 1. The maximum absolute atomic E-state index is 13.9. The fraction of sp³-hybridized carbons (Fsp3) is 0.500. The molecule has 3 N–H and O–H groups in total. The molecule has 2 saturated heterocycles. The lowest BCUT2D eigenvalue weighted by atomic mass is 9.76. The van der Waals surface area contributed by atoms with Crippen molar-refractivity contribution in [2.45, 2.75) is 38.3 Å². The molecule has 132 valence electrons. The summed E-state index contributed by atoms with van der Waals surface area (Å²) in [6, 6.07) is 3.88. The molecule has 0 radical (unpaired) electrons. The Kier molecular flexibility index (Phi) is 3.47. The molecule has 3 aliphatic rings. The lowest BCUT2D eigenvalue weighted by Gasteiger charge is -2.25. The van der Waals surface area contributed by atoms with Gasteiger partial charge in [-0.25, -0.2) is 4.39 Å². The van der Waals surface area contributed by atoms with Gasteiger partial charge in [-0.05, 0) is 31.5 Å². The number of hydrogen-bond donors (Lipinski definition) is 2. The van der Waals surface area contributed by atoms with E-state index in [0.29, 0.717) is 17.8 Å². The number of quaternary nitrogens is 1. The molecule has 4 rings (SSSR count). The third-order valence-corrected chi connectivity index (χ3v) is 5.81. The average Bonchev–Trinajstić information content (AvgIpc) is 3.12. The Hall–Kier alpha value is -2.28. The number of carbonyl (C=O) groups excluding carboxylic acids is 3. The zero-order valence-corrected chi connectivity index (χ0v) is 14.2. The molecule has 25 heavy (non-hydrogen) atoms. The summed E-state index contributed by atoms with van der Waals surface area (Å²) in [5.41, 5.74) is -0.270.